The predicted molar refractivity (Wildman–Crippen MR) is 92.0 cm³/mol. The van der Waals surface area contributed by atoms with Crippen LogP contribution < -0.4 is 0 Å². The largest absolute Gasteiger partial charge is 0.480 e. The molecule has 0 saturated heterocycles. The van der Waals surface area contributed by atoms with Crippen LogP contribution in [0.15, 0.2) is 0 Å². The Hall–Kier alpha value is 0.430. The molecule has 0 spiro atoms. The molecule has 0 rings (SSSR count). The molecular weight excluding hydrogens is 273 g/mol. The van der Waals surface area contributed by atoms with E-state index in [9.17, 15) is 4.79 Å². The second-order valence-corrected chi connectivity index (χ2v) is 6.02. The van der Waals surface area contributed by atoms with Gasteiger partial charge in [0.25, 0.3) is 0 Å². The van der Waals surface area contributed by atoms with E-state index in [0.717, 1.165) is 13.0 Å². The first kappa shape index (κ1) is 23.7. The Morgan fingerprint density at radius 2 is 1.19 bits per heavy atom. The quantitative estimate of drug-likeness (QED) is 0.362. The van der Waals surface area contributed by atoms with Crippen LogP contribution in [0.4, 0.5) is 0 Å². The number of carbonyl (C=O) groups is 1. The Kier molecular flexibility index (Phi) is 20.8. The van der Waals surface area contributed by atoms with Gasteiger partial charge in [-0.1, -0.05) is 77.6 Å². The molecule has 21 heavy (non-hydrogen) atoms. The summed E-state index contributed by atoms with van der Waals surface area (Å²) in [5.41, 5.74) is 0. The summed E-state index contributed by atoms with van der Waals surface area (Å²) in [4.78, 5) is 12.4. The Morgan fingerprint density at radius 1 is 0.810 bits per heavy atom. The Morgan fingerprint density at radius 3 is 1.57 bits per heavy atom. The van der Waals surface area contributed by atoms with Gasteiger partial charge in [-0.3, -0.25) is 9.69 Å². The zero-order valence-corrected chi connectivity index (χ0v) is 16.7. The van der Waals surface area contributed by atoms with Crippen molar-refractivity contribution >= 4 is 35.5 Å². The van der Waals surface area contributed by atoms with E-state index in [1.165, 1.54) is 70.6 Å². The van der Waals surface area contributed by atoms with Crippen LogP contribution >= 0.6 is 0 Å². The summed E-state index contributed by atoms with van der Waals surface area (Å²) in [5.74, 6) is -0.730. The third-order valence-corrected chi connectivity index (χ3v) is 3.80. The van der Waals surface area contributed by atoms with Crippen molar-refractivity contribution < 1.29 is 9.90 Å². The van der Waals surface area contributed by atoms with Gasteiger partial charge in [0.2, 0.25) is 0 Å². The molecule has 0 aliphatic rings. The van der Waals surface area contributed by atoms with Crippen LogP contribution in [0.5, 0.6) is 0 Å². The topological polar surface area (TPSA) is 40.5 Å². The first-order valence-corrected chi connectivity index (χ1v) is 8.57. The minimum Gasteiger partial charge on any atom is -0.480 e. The molecule has 0 bridgehead atoms. The average molecular weight is 308 g/mol. The summed E-state index contributed by atoms with van der Waals surface area (Å²) in [7, 11) is 1.88. The number of carboxylic acid groups (broad SMARTS) is 1. The Balaban J connectivity index is 0. The van der Waals surface area contributed by atoms with Crippen molar-refractivity contribution in [2.24, 2.45) is 0 Å². The number of carboxylic acids is 1. The van der Waals surface area contributed by atoms with E-state index < -0.39 is 5.97 Å². The molecule has 0 aromatic carbocycles. The summed E-state index contributed by atoms with van der Waals surface area (Å²) in [5, 5.41) is 8.63. The van der Waals surface area contributed by atoms with Crippen molar-refractivity contribution in [3.05, 3.63) is 0 Å². The number of hydrogen-bond donors (Lipinski definition) is 1. The van der Waals surface area contributed by atoms with Crippen molar-refractivity contribution in [1.29, 1.82) is 0 Å². The van der Waals surface area contributed by atoms with Crippen molar-refractivity contribution in [3.63, 3.8) is 0 Å². The summed E-state index contributed by atoms with van der Waals surface area (Å²) >= 11 is 0. The second kappa shape index (κ2) is 18.5. The summed E-state index contributed by atoms with van der Waals surface area (Å²) < 4.78 is 0. The number of likely N-dealkylation sites (N-methyl/N-ethyl adjacent to an activating group) is 1. The third kappa shape index (κ3) is 20.4. The van der Waals surface area contributed by atoms with E-state index in [2.05, 4.69) is 6.92 Å². The van der Waals surface area contributed by atoms with Crippen LogP contribution in [-0.2, 0) is 4.79 Å². The second-order valence-electron chi connectivity index (χ2n) is 6.02. The molecule has 0 saturated carbocycles. The van der Waals surface area contributed by atoms with Gasteiger partial charge in [-0.25, -0.2) is 0 Å². The molecule has 0 aromatic rings. The fourth-order valence-corrected chi connectivity index (χ4v) is 2.53. The maximum absolute atomic E-state index is 10.5. The normalized spacial score (nSPS) is 10.6. The van der Waals surface area contributed by atoms with E-state index >= 15 is 0 Å². The van der Waals surface area contributed by atoms with Crippen molar-refractivity contribution in [3.8, 4) is 0 Å². The molecule has 0 amide bonds. The standard InChI is InChI=1S/C17H35NO2.Na/c1-3-4-5-6-7-8-9-10-11-12-13-14-15-18(2)16-17(19)20;/h3-16H2,1-2H3,(H,19,20);. The SMILES string of the molecule is CCCCCCCCCCCCCCN(C)CC(=O)O.[Na]. The molecule has 4 heteroatoms. The molecule has 3 nitrogen and oxygen atoms in total. The minimum absolute atomic E-state index is 0. The molecule has 0 aliphatic heterocycles. The van der Waals surface area contributed by atoms with Gasteiger partial charge in [0.1, 0.15) is 0 Å². The first-order chi connectivity index (χ1) is 9.66. The third-order valence-electron chi connectivity index (χ3n) is 3.80. The molecular formula is C17H35NNaO2. The maximum atomic E-state index is 10.5. The van der Waals surface area contributed by atoms with Crippen LogP contribution in [0.25, 0.3) is 0 Å². The van der Waals surface area contributed by atoms with E-state index in [4.69, 9.17) is 5.11 Å². The molecule has 0 aliphatic carbocycles. The minimum atomic E-state index is -0.730. The van der Waals surface area contributed by atoms with Gasteiger partial charge in [0, 0.05) is 29.6 Å². The molecule has 0 fully saturated rings. The van der Waals surface area contributed by atoms with Crippen LogP contribution in [-0.4, -0.2) is 65.7 Å². The average Bonchev–Trinajstić information content (AvgIpc) is 2.39. The van der Waals surface area contributed by atoms with Crippen LogP contribution in [0, 0.1) is 0 Å². The fourth-order valence-electron chi connectivity index (χ4n) is 2.53. The zero-order valence-electron chi connectivity index (χ0n) is 14.7. The number of hydrogen-bond acceptors (Lipinski definition) is 2. The summed E-state index contributed by atoms with van der Waals surface area (Å²) in [6.07, 6.45) is 16.2. The Labute approximate surface area is 154 Å². The molecule has 0 heterocycles. The van der Waals surface area contributed by atoms with E-state index in [0.29, 0.717) is 0 Å². The maximum Gasteiger partial charge on any atom is 0.317 e. The van der Waals surface area contributed by atoms with E-state index in [1.54, 1.807) is 0 Å². The smallest absolute Gasteiger partial charge is 0.317 e. The molecule has 1 radical (unpaired) electrons. The summed E-state index contributed by atoms with van der Waals surface area (Å²) in [6, 6.07) is 0. The van der Waals surface area contributed by atoms with Crippen LogP contribution in [0.1, 0.15) is 84.0 Å². The van der Waals surface area contributed by atoms with Gasteiger partial charge in [-0.2, -0.15) is 0 Å². The molecule has 0 unspecified atom stereocenters. The van der Waals surface area contributed by atoms with Crippen molar-refractivity contribution in [2.75, 3.05) is 20.1 Å². The molecule has 0 aromatic heterocycles. The molecule has 0 atom stereocenters. The number of rotatable bonds is 15. The fraction of sp³-hybridized carbons (Fsp3) is 0.941. The van der Waals surface area contributed by atoms with Crippen LogP contribution in [0.2, 0.25) is 0 Å². The van der Waals surface area contributed by atoms with Gasteiger partial charge < -0.3 is 5.11 Å². The molecule has 121 valence electrons. The first-order valence-electron chi connectivity index (χ1n) is 8.57. The van der Waals surface area contributed by atoms with E-state index in [-0.39, 0.29) is 36.1 Å². The monoisotopic (exact) mass is 308 g/mol. The number of unbranched alkanes of at least 4 members (excludes halogenated alkanes) is 11. The van der Waals surface area contributed by atoms with Gasteiger partial charge in [0.15, 0.2) is 0 Å². The summed E-state index contributed by atoms with van der Waals surface area (Å²) in [6.45, 7) is 3.33. The van der Waals surface area contributed by atoms with Gasteiger partial charge in [-0.15, -0.1) is 0 Å². The zero-order chi connectivity index (χ0) is 15.1. The van der Waals surface area contributed by atoms with Gasteiger partial charge >= 0.3 is 5.97 Å². The number of aliphatic carboxylic acids is 1. The van der Waals surface area contributed by atoms with Crippen molar-refractivity contribution in [1.82, 2.24) is 4.90 Å². The predicted octanol–water partition coefficient (Wildman–Crippen LogP) is 4.32. The Bertz CT molecular complexity index is 225. The van der Waals surface area contributed by atoms with E-state index in [1.807, 2.05) is 11.9 Å². The van der Waals surface area contributed by atoms with Crippen LogP contribution in [0.3, 0.4) is 0 Å². The van der Waals surface area contributed by atoms with Gasteiger partial charge in [-0.05, 0) is 20.0 Å². The number of nitrogens with zero attached hydrogens (tertiary/aromatic N) is 1. The molecule has 1 N–H and O–H groups in total. The van der Waals surface area contributed by atoms with Crippen molar-refractivity contribution in [2.45, 2.75) is 84.0 Å². The van der Waals surface area contributed by atoms with Gasteiger partial charge in [0.05, 0.1) is 6.54 Å².